The molecular formula is C30H32O9. The number of carbonyl (C=O) groups excluding carboxylic acids is 4. The Morgan fingerprint density at radius 1 is 1.15 bits per heavy atom. The molecule has 1 spiro atoms. The number of carbonyl (C=O) groups is 4. The van der Waals surface area contributed by atoms with Crippen molar-refractivity contribution in [1.82, 2.24) is 0 Å². The van der Waals surface area contributed by atoms with Gasteiger partial charge in [0.2, 0.25) is 0 Å². The highest BCUT2D eigenvalue weighted by Gasteiger charge is 2.86. The number of ether oxygens (including phenoxy) is 4. The molecule has 1 aromatic rings. The summed E-state index contributed by atoms with van der Waals surface area (Å²) >= 11 is 0. The van der Waals surface area contributed by atoms with Crippen LogP contribution in [0.3, 0.4) is 0 Å². The molecule has 1 aromatic carbocycles. The summed E-state index contributed by atoms with van der Waals surface area (Å²) in [4.78, 5) is 52.0. The van der Waals surface area contributed by atoms with E-state index < -0.39 is 75.9 Å². The molecule has 4 bridgehead atoms. The molecule has 0 unspecified atom stereocenters. The predicted octanol–water partition coefficient (Wildman–Crippen LogP) is 2.80. The van der Waals surface area contributed by atoms with E-state index in [1.54, 1.807) is 19.1 Å². The minimum absolute atomic E-state index is 0.00248. The largest absolute Gasteiger partial charge is 0.461 e. The van der Waals surface area contributed by atoms with E-state index in [1.807, 2.05) is 30.3 Å². The van der Waals surface area contributed by atoms with E-state index in [1.165, 1.54) is 13.8 Å². The first kappa shape index (κ1) is 25.8. The molecule has 1 N–H and O–H groups in total. The Labute approximate surface area is 226 Å². The van der Waals surface area contributed by atoms with Gasteiger partial charge < -0.3 is 24.1 Å². The van der Waals surface area contributed by atoms with Crippen LogP contribution >= 0.6 is 0 Å². The van der Waals surface area contributed by atoms with Crippen LogP contribution in [0.2, 0.25) is 0 Å². The molecule has 3 saturated carbocycles. The molecule has 6 rings (SSSR count). The maximum absolute atomic E-state index is 14.2. The van der Waals surface area contributed by atoms with E-state index in [4.69, 9.17) is 18.9 Å². The quantitative estimate of drug-likeness (QED) is 0.343. The summed E-state index contributed by atoms with van der Waals surface area (Å²) in [6, 6.07) is 9.20. The van der Waals surface area contributed by atoms with Crippen molar-refractivity contribution < 1.29 is 43.2 Å². The van der Waals surface area contributed by atoms with Crippen LogP contribution in [0.25, 0.3) is 0 Å². The topological polar surface area (TPSA) is 125 Å². The lowest BCUT2D eigenvalue weighted by atomic mass is 9.60. The molecule has 9 heteroatoms. The summed E-state index contributed by atoms with van der Waals surface area (Å²) in [5, 5.41) is 11.9. The van der Waals surface area contributed by atoms with Gasteiger partial charge in [0, 0.05) is 37.5 Å². The van der Waals surface area contributed by atoms with Crippen molar-refractivity contribution in [3.05, 3.63) is 60.2 Å². The molecule has 206 valence electrons. The second-order valence-corrected chi connectivity index (χ2v) is 11.9. The van der Waals surface area contributed by atoms with E-state index in [0.29, 0.717) is 18.4 Å². The molecule has 5 aliphatic rings. The van der Waals surface area contributed by atoms with Crippen molar-refractivity contribution in [2.75, 3.05) is 0 Å². The van der Waals surface area contributed by atoms with Gasteiger partial charge in [0.25, 0.3) is 0 Å². The Morgan fingerprint density at radius 3 is 2.54 bits per heavy atom. The zero-order chi connectivity index (χ0) is 28.0. The highest BCUT2D eigenvalue weighted by Crippen LogP contribution is 2.78. The Hall–Kier alpha value is -3.46. The molecule has 9 atom stereocenters. The predicted molar refractivity (Wildman–Crippen MR) is 134 cm³/mol. The standard InChI is InChI=1S/C30H32O9/c1-16-24(33)29-15-28(16,38-18(3)32)12-10-20(29)30-13-11-21(37-17(2)31)27(4,26(35)39-30)23(30)22(29)25(34)36-14-19-8-6-5-7-9-19/h5-9,11,13,20-24,33H,1,10,12,14-15H2,2-4H3/t20-,21+,22-,23-,24+,27+,28+,29-,30-/m1/s1. The number of aliphatic hydroxyl groups excluding tert-OH is 1. The van der Waals surface area contributed by atoms with E-state index in [-0.39, 0.29) is 13.0 Å². The van der Waals surface area contributed by atoms with Crippen LogP contribution in [0.1, 0.15) is 45.6 Å². The summed E-state index contributed by atoms with van der Waals surface area (Å²) in [6.45, 7) is 8.35. The van der Waals surface area contributed by atoms with Gasteiger partial charge in [0.05, 0.1) is 12.0 Å². The van der Waals surface area contributed by atoms with Gasteiger partial charge in [-0.1, -0.05) is 36.9 Å². The van der Waals surface area contributed by atoms with Crippen molar-refractivity contribution >= 4 is 23.9 Å². The zero-order valence-corrected chi connectivity index (χ0v) is 22.2. The summed E-state index contributed by atoms with van der Waals surface area (Å²) in [6.07, 6.45) is 2.14. The molecule has 0 aromatic heterocycles. The first-order chi connectivity index (χ1) is 18.4. The fourth-order valence-corrected chi connectivity index (χ4v) is 8.69. The zero-order valence-electron chi connectivity index (χ0n) is 22.2. The molecule has 1 saturated heterocycles. The normalized spacial score (nSPS) is 42.8. The highest BCUT2D eigenvalue weighted by atomic mass is 16.6. The third kappa shape index (κ3) is 3.16. The SMILES string of the molecule is C=C1[C@H](O)[C@]23C[C@@]1(OC(C)=O)CC[C@H]2[C@@]12C=C[C@H](OC(C)=O)[C@](C)(C(=O)O1)[C@H]2[C@@H]3C(=O)OCc1ccccc1. The lowest BCUT2D eigenvalue weighted by molar-refractivity contribution is -0.176. The van der Waals surface area contributed by atoms with Crippen LogP contribution in [0.5, 0.6) is 0 Å². The van der Waals surface area contributed by atoms with Gasteiger partial charge in [-0.2, -0.15) is 0 Å². The fourth-order valence-electron chi connectivity index (χ4n) is 8.69. The van der Waals surface area contributed by atoms with Gasteiger partial charge in [-0.05, 0) is 43.1 Å². The third-order valence-electron chi connectivity index (χ3n) is 10.0. The monoisotopic (exact) mass is 536 g/mol. The first-order valence-electron chi connectivity index (χ1n) is 13.3. The van der Waals surface area contributed by atoms with Gasteiger partial charge in [0.1, 0.15) is 29.3 Å². The van der Waals surface area contributed by atoms with Gasteiger partial charge in [-0.3, -0.25) is 19.2 Å². The summed E-state index contributed by atoms with van der Waals surface area (Å²) in [5.41, 5.74) is -3.84. The summed E-state index contributed by atoms with van der Waals surface area (Å²) in [7, 11) is 0. The first-order valence-corrected chi connectivity index (χ1v) is 13.3. The minimum atomic E-state index is -1.41. The Bertz CT molecular complexity index is 1320. The Balaban J connectivity index is 1.50. The maximum Gasteiger partial charge on any atom is 0.317 e. The molecule has 0 radical (unpaired) electrons. The highest BCUT2D eigenvalue weighted by molar-refractivity contribution is 5.87. The Kier molecular flexibility index (Phi) is 5.47. The van der Waals surface area contributed by atoms with Crippen LogP contribution in [-0.2, 0) is 44.7 Å². The smallest absolute Gasteiger partial charge is 0.317 e. The number of hydrogen-bond donors (Lipinski definition) is 1. The fraction of sp³-hybridized carbons (Fsp3) is 0.533. The molecule has 39 heavy (non-hydrogen) atoms. The van der Waals surface area contributed by atoms with Crippen LogP contribution in [0, 0.1) is 28.6 Å². The van der Waals surface area contributed by atoms with Gasteiger partial charge in [-0.25, -0.2) is 0 Å². The number of benzene rings is 1. The molecule has 9 nitrogen and oxygen atoms in total. The van der Waals surface area contributed by atoms with E-state index in [0.717, 1.165) is 5.56 Å². The van der Waals surface area contributed by atoms with Crippen molar-refractivity contribution in [3.63, 3.8) is 0 Å². The lowest BCUT2D eigenvalue weighted by Crippen LogP contribution is -2.53. The molecule has 0 amide bonds. The molecular weight excluding hydrogens is 504 g/mol. The van der Waals surface area contributed by atoms with Crippen molar-refractivity contribution in [3.8, 4) is 0 Å². The number of fused-ring (bicyclic) bond motifs is 1. The summed E-state index contributed by atoms with van der Waals surface area (Å²) < 4.78 is 23.5. The molecule has 4 aliphatic carbocycles. The number of aliphatic hydroxyl groups is 1. The van der Waals surface area contributed by atoms with Crippen molar-refractivity contribution in [1.29, 1.82) is 0 Å². The average Bonchev–Trinajstić information content (AvgIpc) is 3.30. The van der Waals surface area contributed by atoms with Crippen molar-refractivity contribution in [2.45, 2.75) is 70.1 Å². The van der Waals surface area contributed by atoms with E-state index in [9.17, 15) is 24.3 Å². The van der Waals surface area contributed by atoms with Crippen LogP contribution in [-0.4, -0.2) is 52.4 Å². The van der Waals surface area contributed by atoms with Gasteiger partial charge in [-0.15, -0.1) is 0 Å². The second-order valence-electron chi connectivity index (χ2n) is 11.9. The van der Waals surface area contributed by atoms with Crippen molar-refractivity contribution in [2.24, 2.45) is 28.6 Å². The van der Waals surface area contributed by atoms with Crippen LogP contribution < -0.4 is 0 Å². The molecule has 1 heterocycles. The molecule has 1 aliphatic heterocycles. The Morgan fingerprint density at radius 2 is 1.87 bits per heavy atom. The van der Waals surface area contributed by atoms with Crippen LogP contribution in [0.15, 0.2) is 54.6 Å². The van der Waals surface area contributed by atoms with E-state index >= 15 is 0 Å². The third-order valence-corrected chi connectivity index (χ3v) is 10.0. The second kappa shape index (κ2) is 8.27. The average molecular weight is 537 g/mol. The lowest BCUT2D eigenvalue weighted by Gasteiger charge is -2.46. The van der Waals surface area contributed by atoms with Gasteiger partial charge in [0.15, 0.2) is 0 Å². The van der Waals surface area contributed by atoms with E-state index in [2.05, 4.69) is 6.58 Å². The van der Waals surface area contributed by atoms with Crippen LogP contribution in [0.4, 0.5) is 0 Å². The van der Waals surface area contributed by atoms with Gasteiger partial charge >= 0.3 is 23.9 Å². The number of rotatable bonds is 5. The maximum atomic E-state index is 14.2. The number of hydrogen-bond acceptors (Lipinski definition) is 9. The summed E-state index contributed by atoms with van der Waals surface area (Å²) in [5.74, 6) is -4.55. The minimum Gasteiger partial charge on any atom is -0.461 e. The number of esters is 4. The molecule has 4 fully saturated rings.